The quantitative estimate of drug-likeness (QED) is 0.826. The molecule has 1 aromatic heterocycles. The summed E-state index contributed by atoms with van der Waals surface area (Å²) in [6, 6.07) is 0. The Bertz CT molecular complexity index is 552. The third-order valence-corrected chi connectivity index (χ3v) is 4.07. The van der Waals surface area contributed by atoms with Crippen LogP contribution in [0.4, 0.5) is 5.69 Å². The van der Waals surface area contributed by atoms with Gasteiger partial charge < -0.3 is 10.1 Å². The molecule has 1 aromatic rings. The number of esters is 1. The van der Waals surface area contributed by atoms with Gasteiger partial charge in [-0.05, 0) is 34.2 Å². The summed E-state index contributed by atoms with van der Waals surface area (Å²) in [5.74, 6) is -0.507. The van der Waals surface area contributed by atoms with Gasteiger partial charge >= 0.3 is 5.97 Å². The number of nitrogens with zero attached hydrogens (tertiary/aromatic N) is 2. The Labute approximate surface area is 119 Å². The Kier molecular flexibility index (Phi) is 3.93. The molecule has 19 heavy (non-hydrogen) atoms. The van der Waals surface area contributed by atoms with Gasteiger partial charge in [-0.15, -0.1) is 0 Å². The fourth-order valence-electron chi connectivity index (χ4n) is 1.59. The molecule has 2 rings (SSSR count). The number of carbonyl (C=O) groups is 1. The minimum Gasteiger partial charge on any atom is -0.468 e. The zero-order chi connectivity index (χ0) is 14.0. The summed E-state index contributed by atoms with van der Waals surface area (Å²) in [4.78, 5) is 23.1. The second-order valence-corrected chi connectivity index (χ2v) is 5.87. The van der Waals surface area contributed by atoms with Crippen molar-refractivity contribution in [2.45, 2.75) is 26.3 Å². The number of anilines is 1. The summed E-state index contributed by atoms with van der Waals surface area (Å²) in [5.41, 5.74) is 0.635. The summed E-state index contributed by atoms with van der Waals surface area (Å²) in [6.45, 7) is 2.82. The van der Waals surface area contributed by atoms with Crippen LogP contribution >= 0.6 is 15.9 Å². The van der Waals surface area contributed by atoms with Gasteiger partial charge in [-0.2, -0.15) is 5.10 Å². The van der Waals surface area contributed by atoms with Gasteiger partial charge in [0, 0.05) is 6.54 Å². The lowest BCUT2D eigenvalue weighted by Crippen LogP contribution is -2.28. The molecule has 0 radical (unpaired) electrons. The highest BCUT2D eigenvalue weighted by Crippen LogP contribution is 2.44. The summed E-state index contributed by atoms with van der Waals surface area (Å²) in [7, 11) is 1.27. The lowest BCUT2D eigenvalue weighted by molar-refractivity contribution is -0.141. The molecule has 1 aliphatic rings. The van der Waals surface area contributed by atoms with Gasteiger partial charge in [0.2, 0.25) is 0 Å². The van der Waals surface area contributed by atoms with E-state index in [9.17, 15) is 9.59 Å². The van der Waals surface area contributed by atoms with Crippen molar-refractivity contribution in [3.05, 3.63) is 21.0 Å². The van der Waals surface area contributed by atoms with Gasteiger partial charge in [0.05, 0.1) is 19.0 Å². The van der Waals surface area contributed by atoms with Gasteiger partial charge in [-0.25, -0.2) is 4.68 Å². The van der Waals surface area contributed by atoms with E-state index in [1.165, 1.54) is 20.0 Å². The van der Waals surface area contributed by atoms with Gasteiger partial charge in [0.1, 0.15) is 11.0 Å². The number of aromatic nitrogens is 2. The molecule has 0 spiro atoms. The van der Waals surface area contributed by atoms with Crippen molar-refractivity contribution in [1.29, 1.82) is 0 Å². The average molecular weight is 330 g/mol. The van der Waals surface area contributed by atoms with Crippen LogP contribution in [0.2, 0.25) is 0 Å². The van der Waals surface area contributed by atoms with Crippen molar-refractivity contribution >= 4 is 27.6 Å². The van der Waals surface area contributed by atoms with Crippen LogP contribution in [-0.2, 0) is 16.1 Å². The number of nitrogens with one attached hydrogen (secondary N) is 1. The highest BCUT2D eigenvalue weighted by Gasteiger charge is 2.36. The lowest BCUT2D eigenvalue weighted by Gasteiger charge is -2.13. The van der Waals surface area contributed by atoms with E-state index in [0.717, 1.165) is 11.2 Å². The van der Waals surface area contributed by atoms with Crippen LogP contribution < -0.4 is 10.9 Å². The molecule has 7 heteroatoms. The summed E-state index contributed by atoms with van der Waals surface area (Å²) in [5, 5.41) is 7.17. The standard InChI is InChI=1S/C12H16BrN3O3/c1-12(3-4-12)7-14-8-5-15-16(6-9(17)19-2)11(18)10(8)13/h5,14H,3-4,6-7H2,1-2H3. The molecule has 1 heterocycles. The maximum absolute atomic E-state index is 12.0. The Morgan fingerprint density at radius 2 is 2.32 bits per heavy atom. The van der Waals surface area contributed by atoms with Crippen molar-refractivity contribution in [1.82, 2.24) is 9.78 Å². The third kappa shape index (κ3) is 3.34. The first-order chi connectivity index (χ1) is 8.95. The first kappa shape index (κ1) is 14.0. The zero-order valence-electron chi connectivity index (χ0n) is 10.9. The van der Waals surface area contributed by atoms with Crippen molar-refractivity contribution in [2.24, 2.45) is 5.41 Å². The second kappa shape index (κ2) is 5.32. The summed E-state index contributed by atoms with van der Waals surface area (Å²) >= 11 is 3.24. The Hall–Kier alpha value is -1.37. The number of halogens is 1. The van der Waals surface area contributed by atoms with Gasteiger partial charge in [0.15, 0.2) is 0 Å². The van der Waals surface area contributed by atoms with Gasteiger partial charge in [-0.1, -0.05) is 6.92 Å². The molecule has 1 aliphatic carbocycles. The number of carbonyl (C=O) groups excluding carboxylic acids is 1. The van der Waals surface area contributed by atoms with Crippen LogP contribution in [0.15, 0.2) is 15.5 Å². The van der Waals surface area contributed by atoms with E-state index in [1.54, 1.807) is 6.20 Å². The fourth-order valence-corrected chi connectivity index (χ4v) is 2.03. The fraction of sp³-hybridized carbons (Fsp3) is 0.583. The molecule has 0 aliphatic heterocycles. The predicted molar refractivity (Wildman–Crippen MR) is 74.0 cm³/mol. The van der Waals surface area contributed by atoms with E-state index < -0.39 is 5.97 Å². The van der Waals surface area contributed by atoms with Gasteiger partial charge in [0.25, 0.3) is 5.56 Å². The van der Waals surface area contributed by atoms with E-state index >= 15 is 0 Å². The average Bonchev–Trinajstić information content (AvgIpc) is 3.12. The van der Waals surface area contributed by atoms with Crippen LogP contribution in [0.3, 0.4) is 0 Å². The molecule has 104 valence electrons. The van der Waals surface area contributed by atoms with Crippen LogP contribution in [0.25, 0.3) is 0 Å². The molecule has 0 unspecified atom stereocenters. The molecule has 0 aromatic carbocycles. The molecule has 0 amide bonds. The van der Waals surface area contributed by atoms with Gasteiger partial charge in [-0.3, -0.25) is 9.59 Å². The largest absolute Gasteiger partial charge is 0.468 e. The minimum atomic E-state index is -0.507. The molecule has 0 bridgehead atoms. The normalized spacial score (nSPS) is 15.9. The third-order valence-electron chi connectivity index (χ3n) is 3.30. The van der Waals surface area contributed by atoms with Crippen LogP contribution in [0, 0.1) is 5.41 Å². The highest BCUT2D eigenvalue weighted by molar-refractivity contribution is 9.10. The molecule has 1 fully saturated rings. The monoisotopic (exact) mass is 329 g/mol. The smallest absolute Gasteiger partial charge is 0.327 e. The first-order valence-electron chi connectivity index (χ1n) is 6.01. The zero-order valence-corrected chi connectivity index (χ0v) is 12.5. The Morgan fingerprint density at radius 1 is 1.63 bits per heavy atom. The second-order valence-electron chi connectivity index (χ2n) is 5.08. The maximum atomic E-state index is 12.0. The maximum Gasteiger partial charge on any atom is 0.327 e. The number of methoxy groups -OCH3 is 1. The van der Waals surface area contributed by atoms with Crippen molar-refractivity contribution in [3.8, 4) is 0 Å². The molecule has 0 saturated heterocycles. The number of rotatable bonds is 5. The Morgan fingerprint density at radius 3 is 2.89 bits per heavy atom. The lowest BCUT2D eigenvalue weighted by atomic mass is 10.1. The number of ether oxygens (including phenoxy) is 1. The van der Waals surface area contributed by atoms with E-state index in [1.807, 2.05) is 0 Å². The highest BCUT2D eigenvalue weighted by atomic mass is 79.9. The molecular formula is C12H16BrN3O3. The van der Waals surface area contributed by atoms with Crippen molar-refractivity contribution in [2.75, 3.05) is 19.0 Å². The predicted octanol–water partition coefficient (Wildman–Crippen LogP) is 1.39. The molecule has 0 atom stereocenters. The SMILES string of the molecule is COC(=O)Cn1ncc(NCC2(C)CC2)c(Br)c1=O. The van der Waals surface area contributed by atoms with E-state index in [0.29, 0.717) is 15.6 Å². The number of hydrogen-bond donors (Lipinski definition) is 1. The van der Waals surface area contributed by atoms with Crippen molar-refractivity contribution < 1.29 is 9.53 Å². The molecule has 1 N–H and O–H groups in total. The molecular weight excluding hydrogens is 314 g/mol. The summed E-state index contributed by atoms with van der Waals surface area (Å²) < 4.78 is 5.96. The van der Waals surface area contributed by atoms with Crippen molar-refractivity contribution in [3.63, 3.8) is 0 Å². The van der Waals surface area contributed by atoms with Crippen LogP contribution in [0.5, 0.6) is 0 Å². The first-order valence-corrected chi connectivity index (χ1v) is 6.81. The minimum absolute atomic E-state index is 0.189. The summed E-state index contributed by atoms with van der Waals surface area (Å²) in [6.07, 6.45) is 3.94. The Balaban J connectivity index is 2.12. The van der Waals surface area contributed by atoms with E-state index in [-0.39, 0.29) is 12.1 Å². The van der Waals surface area contributed by atoms with Crippen LogP contribution in [-0.4, -0.2) is 29.4 Å². The topological polar surface area (TPSA) is 73.2 Å². The van der Waals surface area contributed by atoms with E-state index in [4.69, 9.17) is 0 Å². The molecule has 1 saturated carbocycles. The number of hydrogen-bond acceptors (Lipinski definition) is 5. The van der Waals surface area contributed by atoms with Crippen LogP contribution in [0.1, 0.15) is 19.8 Å². The van der Waals surface area contributed by atoms with E-state index in [2.05, 4.69) is 38.0 Å². The molecule has 6 nitrogen and oxygen atoms in total.